The number of carbonyl (C=O) groups is 2. The third-order valence-electron chi connectivity index (χ3n) is 2.50. The maximum Gasteiger partial charge on any atom is 0.328 e. The molecule has 1 rings (SSSR count). The second-order valence-corrected chi connectivity index (χ2v) is 3.77. The molecule has 0 aromatic rings. The fourth-order valence-corrected chi connectivity index (χ4v) is 1.38. The number of aliphatic hydroxyl groups excluding tert-OH is 1. The Morgan fingerprint density at radius 2 is 2.31 bits per heavy atom. The second-order valence-electron chi connectivity index (χ2n) is 3.77. The van der Waals surface area contributed by atoms with E-state index in [1.54, 1.807) is 0 Å². The number of nitrogens with one attached hydrogen (secondary N) is 1. The minimum Gasteiger partial charge on any atom is -0.480 e. The SMILES string of the molecule is CC1=CCN(C(=O)N[C@@H](CO)C(=O)O)CC1. The van der Waals surface area contributed by atoms with Crippen LogP contribution in [0.1, 0.15) is 13.3 Å². The molecule has 1 aliphatic rings. The average Bonchev–Trinajstić information content (AvgIpc) is 2.26. The molecule has 16 heavy (non-hydrogen) atoms. The number of hydrogen-bond donors (Lipinski definition) is 3. The number of carboxylic acid groups (broad SMARTS) is 1. The highest BCUT2D eigenvalue weighted by molar-refractivity contribution is 5.82. The maximum absolute atomic E-state index is 11.6. The molecular formula is C10H16N2O4. The molecule has 1 heterocycles. The quantitative estimate of drug-likeness (QED) is 0.583. The summed E-state index contributed by atoms with van der Waals surface area (Å²) in [5.41, 5.74) is 1.22. The van der Waals surface area contributed by atoms with Crippen LogP contribution in [0.3, 0.4) is 0 Å². The highest BCUT2D eigenvalue weighted by atomic mass is 16.4. The first-order valence-corrected chi connectivity index (χ1v) is 5.09. The molecule has 0 aromatic carbocycles. The van der Waals surface area contributed by atoms with Crippen molar-refractivity contribution in [2.24, 2.45) is 0 Å². The van der Waals surface area contributed by atoms with Gasteiger partial charge in [-0.25, -0.2) is 9.59 Å². The van der Waals surface area contributed by atoms with Gasteiger partial charge in [0, 0.05) is 13.1 Å². The molecule has 2 amide bonds. The lowest BCUT2D eigenvalue weighted by Gasteiger charge is -2.26. The normalized spacial score (nSPS) is 17.6. The molecule has 6 heteroatoms. The van der Waals surface area contributed by atoms with Crippen molar-refractivity contribution in [1.82, 2.24) is 10.2 Å². The predicted octanol–water partition coefficient (Wildman–Crippen LogP) is -0.207. The van der Waals surface area contributed by atoms with Gasteiger partial charge in [-0.15, -0.1) is 0 Å². The summed E-state index contributed by atoms with van der Waals surface area (Å²) < 4.78 is 0. The highest BCUT2D eigenvalue weighted by Crippen LogP contribution is 2.09. The van der Waals surface area contributed by atoms with Gasteiger partial charge in [0.25, 0.3) is 0 Å². The van der Waals surface area contributed by atoms with Gasteiger partial charge in [0.05, 0.1) is 6.61 Å². The molecule has 0 saturated carbocycles. The van der Waals surface area contributed by atoms with E-state index in [1.807, 2.05) is 13.0 Å². The van der Waals surface area contributed by atoms with Crippen molar-refractivity contribution in [3.63, 3.8) is 0 Å². The first-order valence-electron chi connectivity index (χ1n) is 5.09. The van der Waals surface area contributed by atoms with Crippen LogP contribution >= 0.6 is 0 Å². The third-order valence-corrected chi connectivity index (χ3v) is 2.50. The van der Waals surface area contributed by atoms with Crippen LogP contribution < -0.4 is 5.32 Å². The summed E-state index contributed by atoms with van der Waals surface area (Å²) in [7, 11) is 0. The number of carbonyl (C=O) groups excluding carboxylic acids is 1. The molecule has 6 nitrogen and oxygen atoms in total. The number of amides is 2. The van der Waals surface area contributed by atoms with Crippen LogP contribution in [-0.2, 0) is 4.79 Å². The standard InChI is InChI=1S/C10H16N2O4/c1-7-2-4-12(5-3-7)10(16)11-8(6-13)9(14)15/h2,8,13H,3-6H2,1H3,(H,11,16)(H,14,15)/t8-/m0/s1. The monoisotopic (exact) mass is 228 g/mol. The van der Waals surface area contributed by atoms with Gasteiger partial charge in [-0.3, -0.25) is 0 Å². The zero-order valence-electron chi connectivity index (χ0n) is 9.14. The third kappa shape index (κ3) is 3.23. The van der Waals surface area contributed by atoms with Gasteiger partial charge < -0.3 is 20.4 Å². The lowest BCUT2D eigenvalue weighted by molar-refractivity contribution is -0.140. The summed E-state index contributed by atoms with van der Waals surface area (Å²) in [6, 6.07) is -1.69. The van der Waals surface area contributed by atoms with Crippen molar-refractivity contribution in [3.8, 4) is 0 Å². The Hall–Kier alpha value is -1.56. The van der Waals surface area contributed by atoms with E-state index in [4.69, 9.17) is 10.2 Å². The summed E-state index contributed by atoms with van der Waals surface area (Å²) in [5.74, 6) is -1.24. The van der Waals surface area contributed by atoms with Crippen molar-refractivity contribution in [2.75, 3.05) is 19.7 Å². The van der Waals surface area contributed by atoms with Crippen LogP contribution in [0.5, 0.6) is 0 Å². The molecule has 3 N–H and O–H groups in total. The fourth-order valence-electron chi connectivity index (χ4n) is 1.38. The molecule has 0 spiro atoms. The first kappa shape index (κ1) is 12.5. The Kier molecular flexibility index (Phi) is 4.30. The largest absolute Gasteiger partial charge is 0.480 e. The molecule has 1 aliphatic heterocycles. The van der Waals surface area contributed by atoms with E-state index in [0.717, 1.165) is 6.42 Å². The van der Waals surface area contributed by atoms with Gasteiger partial charge in [-0.05, 0) is 13.3 Å². The van der Waals surface area contributed by atoms with Gasteiger partial charge in [-0.1, -0.05) is 11.6 Å². The van der Waals surface area contributed by atoms with E-state index < -0.39 is 24.6 Å². The highest BCUT2D eigenvalue weighted by Gasteiger charge is 2.22. The number of carboxylic acids is 1. The number of aliphatic carboxylic acids is 1. The number of aliphatic hydroxyl groups is 1. The van der Waals surface area contributed by atoms with E-state index in [2.05, 4.69) is 5.32 Å². The molecule has 0 saturated heterocycles. The van der Waals surface area contributed by atoms with E-state index >= 15 is 0 Å². The Balaban J connectivity index is 2.49. The number of nitrogens with zero attached hydrogens (tertiary/aromatic N) is 1. The minimum absolute atomic E-state index is 0.454. The van der Waals surface area contributed by atoms with Gasteiger partial charge in [0.2, 0.25) is 0 Å². The van der Waals surface area contributed by atoms with Crippen molar-refractivity contribution in [2.45, 2.75) is 19.4 Å². The molecule has 0 radical (unpaired) electrons. The number of urea groups is 1. The van der Waals surface area contributed by atoms with Crippen LogP contribution in [0.15, 0.2) is 11.6 Å². The molecule has 0 fully saturated rings. The van der Waals surface area contributed by atoms with Crippen LogP contribution in [0.25, 0.3) is 0 Å². The van der Waals surface area contributed by atoms with Crippen molar-refractivity contribution in [3.05, 3.63) is 11.6 Å². The predicted molar refractivity (Wildman–Crippen MR) is 57.0 cm³/mol. The van der Waals surface area contributed by atoms with Crippen LogP contribution in [0.4, 0.5) is 4.79 Å². The Morgan fingerprint density at radius 3 is 2.75 bits per heavy atom. The zero-order chi connectivity index (χ0) is 12.1. The van der Waals surface area contributed by atoms with E-state index in [9.17, 15) is 9.59 Å². The molecule has 0 bridgehead atoms. The van der Waals surface area contributed by atoms with Crippen LogP contribution in [-0.4, -0.2) is 52.9 Å². The van der Waals surface area contributed by atoms with Crippen molar-refractivity contribution in [1.29, 1.82) is 0 Å². The Morgan fingerprint density at radius 1 is 1.62 bits per heavy atom. The van der Waals surface area contributed by atoms with Gasteiger partial charge >= 0.3 is 12.0 Å². The fraction of sp³-hybridized carbons (Fsp3) is 0.600. The minimum atomic E-state index is -1.24. The summed E-state index contributed by atoms with van der Waals surface area (Å²) >= 11 is 0. The van der Waals surface area contributed by atoms with Crippen molar-refractivity contribution < 1.29 is 19.8 Å². The topological polar surface area (TPSA) is 89.9 Å². The molecule has 0 unspecified atom stereocenters. The lowest BCUT2D eigenvalue weighted by Crippen LogP contribution is -2.50. The number of hydrogen-bond acceptors (Lipinski definition) is 3. The molecule has 0 aliphatic carbocycles. The molecule has 90 valence electrons. The van der Waals surface area contributed by atoms with Gasteiger partial charge in [0.1, 0.15) is 0 Å². The van der Waals surface area contributed by atoms with Crippen LogP contribution in [0.2, 0.25) is 0 Å². The van der Waals surface area contributed by atoms with Crippen LogP contribution in [0, 0.1) is 0 Å². The smallest absolute Gasteiger partial charge is 0.328 e. The summed E-state index contributed by atoms with van der Waals surface area (Å²) in [5, 5.41) is 19.7. The lowest BCUT2D eigenvalue weighted by atomic mass is 10.1. The van der Waals surface area contributed by atoms with E-state index in [-0.39, 0.29) is 0 Å². The maximum atomic E-state index is 11.6. The van der Waals surface area contributed by atoms with Gasteiger partial charge in [-0.2, -0.15) is 0 Å². The Labute approximate surface area is 93.5 Å². The van der Waals surface area contributed by atoms with Gasteiger partial charge in [0.15, 0.2) is 6.04 Å². The number of rotatable bonds is 3. The second kappa shape index (κ2) is 5.50. The van der Waals surface area contributed by atoms with E-state index in [0.29, 0.717) is 13.1 Å². The molecule has 1 atom stereocenters. The first-order chi connectivity index (χ1) is 7.54. The average molecular weight is 228 g/mol. The Bertz CT molecular complexity index is 314. The summed E-state index contributed by atoms with van der Waals surface area (Å²) in [6.07, 6.45) is 2.72. The summed E-state index contributed by atoms with van der Waals surface area (Å²) in [4.78, 5) is 23.7. The van der Waals surface area contributed by atoms with Crippen molar-refractivity contribution >= 4 is 12.0 Å². The molecular weight excluding hydrogens is 212 g/mol. The zero-order valence-corrected chi connectivity index (χ0v) is 9.14. The summed E-state index contributed by atoms with van der Waals surface area (Å²) in [6.45, 7) is 2.44. The molecule has 0 aromatic heterocycles. The van der Waals surface area contributed by atoms with E-state index in [1.165, 1.54) is 10.5 Å².